The Morgan fingerprint density at radius 3 is 2.71 bits per heavy atom. The second-order valence-electron chi connectivity index (χ2n) is 9.15. The third kappa shape index (κ3) is 5.65. The van der Waals surface area contributed by atoms with Crippen LogP contribution in [0.5, 0.6) is 0 Å². The molecule has 0 bridgehead atoms. The van der Waals surface area contributed by atoms with Gasteiger partial charge in [-0.2, -0.15) is 14.6 Å². The smallest absolute Gasteiger partial charge is 0.229 e. The summed E-state index contributed by atoms with van der Waals surface area (Å²) in [5, 5.41) is 18.0. The van der Waals surface area contributed by atoms with Crippen LogP contribution >= 0.6 is 23.1 Å². The van der Waals surface area contributed by atoms with E-state index in [0.717, 1.165) is 44.8 Å². The number of rotatable bonds is 9. The largest absolute Gasteiger partial charge is 0.352 e. The van der Waals surface area contributed by atoms with Crippen molar-refractivity contribution < 1.29 is 0 Å². The SMILES string of the molecule is Cc1cc(Nc2ncc(C)c(N3CC(CC#N)(NCc4ccc(CN(C)C)c(Cl)c4)C3)n2)sn1. The Labute approximate surface area is 209 Å². The van der Waals surface area contributed by atoms with Crippen molar-refractivity contribution in [2.24, 2.45) is 0 Å². The number of aryl methyl sites for hydroxylation is 2. The molecule has 2 aromatic heterocycles. The molecule has 0 atom stereocenters. The van der Waals surface area contributed by atoms with Gasteiger partial charge in [-0.15, -0.1) is 0 Å². The third-order valence-electron chi connectivity index (χ3n) is 5.78. The summed E-state index contributed by atoms with van der Waals surface area (Å²) in [7, 11) is 4.05. The summed E-state index contributed by atoms with van der Waals surface area (Å²) < 4.78 is 4.29. The molecule has 0 saturated carbocycles. The van der Waals surface area contributed by atoms with Crippen LogP contribution in [0.1, 0.15) is 28.8 Å². The standard InChI is InChI=1S/C24H29ClN8S/c1-16-11-27-23(29-21-9-17(2)31-34-21)30-22(16)33-14-24(15-33,7-8-26)28-12-18-5-6-19(13-32(3)4)20(25)10-18/h5-6,9-11,28H,7,12-15H2,1-4H3,(H,27,29,30). The summed E-state index contributed by atoms with van der Waals surface area (Å²) in [6.45, 7) is 6.81. The van der Waals surface area contributed by atoms with Crippen molar-refractivity contribution in [1.82, 2.24) is 24.6 Å². The molecule has 34 heavy (non-hydrogen) atoms. The Morgan fingerprint density at radius 2 is 2.06 bits per heavy atom. The summed E-state index contributed by atoms with van der Waals surface area (Å²) >= 11 is 7.87. The lowest BCUT2D eigenvalue weighted by atomic mass is 9.86. The summed E-state index contributed by atoms with van der Waals surface area (Å²) in [5.74, 6) is 1.42. The molecule has 8 nitrogen and oxygen atoms in total. The number of aromatic nitrogens is 3. The van der Waals surface area contributed by atoms with Gasteiger partial charge in [-0.25, -0.2) is 4.98 Å². The van der Waals surface area contributed by atoms with Crippen LogP contribution in [0.4, 0.5) is 16.8 Å². The van der Waals surface area contributed by atoms with Crippen molar-refractivity contribution in [3.05, 3.63) is 57.9 Å². The van der Waals surface area contributed by atoms with E-state index in [0.29, 0.717) is 32.0 Å². The number of hydrogen-bond donors (Lipinski definition) is 2. The van der Waals surface area contributed by atoms with Crippen molar-refractivity contribution in [1.29, 1.82) is 5.26 Å². The Morgan fingerprint density at radius 1 is 1.26 bits per heavy atom. The third-order valence-corrected chi connectivity index (χ3v) is 6.93. The van der Waals surface area contributed by atoms with E-state index in [1.54, 1.807) is 0 Å². The average molecular weight is 497 g/mol. The maximum atomic E-state index is 9.48. The highest BCUT2D eigenvalue weighted by Crippen LogP contribution is 2.32. The molecule has 178 valence electrons. The summed E-state index contributed by atoms with van der Waals surface area (Å²) in [6.07, 6.45) is 2.25. The molecule has 0 aliphatic carbocycles. The van der Waals surface area contributed by atoms with E-state index >= 15 is 0 Å². The minimum Gasteiger partial charge on any atom is -0.352 e. The van der Waals surface area contributed by atoms with Gasteiger partial charge in [-0.1, -0.05) is 23.7 Å². The molecule has 1 aliphatic heterocycles. The second kappa shape index (κ2) is 10.2. The van der Waals surface area contributed by atoms with Crippen LogP contribution in [-0.4, -0.2) is 52.0 Å². The van der Waals surface area contributed by atoms with Crippen LogP contribution in [0.3, 0.4) is 0 Å². The van der Waals surface area contributed by atoms with E-state index in [2.05, 4.69) is 48.0 Å². The molecular formula is C24H29ClN8S. The maximum Gasteiger partial charge on any atom is 0.229 e. The zero-order valence-corrected chi connectivity index (χ0v) is 21.5. The number of benzene rings is 1. The molecule has 0 unspecified atom stereocenters. The fourth-order valence-corrected chi connectivity index (χ4v) is 5.00. The molecule has 0 amide bonds. The zero-order valence-electron chi connectivity index (χ0n) is 19.9. The van der Waals surface area contributed by atoms with Gasteiger partial charge in [0, 0.05) is 43.0 Å². The van der Waals surface area contributed by atoms with E-state index in [4.69, 9.17) is 16.6 Å². The fraction of sp³-hybridized carbons (Fsp3) is 0.417. The Kier molecular flexibility index (Phi) is 7.33. The van der Waals surface area contributed by atoms with E-state index in [1.165, 1.54) is 11.5 Å². The van der Waals surface area contributed by atoms with Crippen LogP contribution in [0, 0.1) is 25.2 Å². The van der Waals surface area contributed by atoms with Crippen LogP contribution < -0.4 is 15.5 Å². The van der Waals surface area contributed by atoms with E-state index in [9.17, 15) is 5.26 Å². The monoisotopic (exact) mass is 496 g/mol. The minimum absolute atomic E-state index is 0.288. The van der Waals surface area contributed by atoms with Gasteiger partial charge in [0.25, 0.3) is 0 Å². The molecule has 10 heteroatoms. The lowest BCUT2D eigenvalue weighted by Gasteiger charge is -2.50. The normalized spacial score (nSPS) is 14.7. The van der Waals surface area contributed by atoms with E-state index < -0.39 is 0 Å². The number of hydrogen-bond acceptors (Lipinski definition) is 9. The van der Waals surface area contributed by atoms with Crippen LogP contribution in [0.2, 0.25) is 5.02 Å². The van der Waals surface area contributed by atoms with Crippen molar-refractivity contribution in [3.63, 3.8) is 0 Å². The maximum absolute atomic E-state index is 9.48. The fourth-order valence-electron chi connectivity index (χ4n) is 4.08. The highest BCUT2D eigenvalue weighted by molar-refractivity contribution is 7.10. The summed E-state index contributed by atoms with van der Waals surface area (Å²) in [4.78, 5) is 13.4. The predicted octanol–water partition coefficient (Wildman–Crippen LogP) is 4.27. The molecule has 4 rings (SSSR count). The molecule has 3 aromatic rings. The number of nitrogens with one attached hydrogen (secondary N) is 2. The van der Waals surface area contributed by atoms with Crippen LogP contribution in [0.15, 0.2) is 30.5 Å². The van der Waals surface area contributed by atoms with Crippen molar-refractivity contribution in [3.8, 4) is 6.07 Å². The first-order chi connectivity index (χ1) is 16.3. The molecule has 1 fully saturated rings. The summed E-state index contributed by atoms with van der Waals surface area (Å²) in [6, 6.07) is 10.5. The number of halogens is 1. The first kappa shape index (κ1) is 24.4. The number of nitrogens with zero attached hydrogens (tertiary/aromatic N) is 6. The number of anilines is 3. The Balaban J connectivity index is 1.42. The molecule has 0 radical (unpaired) electrons. The molecule has 2 N–H and O–H groups in total. The highest BCUT2D eigenvalue weighted by Gasteiger charge is 2.43. The zero-order chi connectivity index (χ0) is 24.3. The predicted molar refractivity (Wildman–Crippen MR) is 138 cm³/mol. The topological polar surface area (TPSA) is 93.0 Å². The Bertz CT molecular complexity index is 1200. The molecular weight excluding hydrogens is 468 g/mol. The molecule has 1 saturated heterocycles. The molecule has 3 heterocycles. The van der Waals surface area contributed by atoms with E-state index in [-0.39, 0.29) is 5.54 Å². The number of nitriles is 1. The second-order valence-corrected chi connectivity index (χ2v) is 10.4. The first-order valence-corrected chi connectivity index (χ1v) is 12.2. The molecule has 1 aromatic carbocycles. The Hall–Kier alpha value is -2.77. The van der Waals surface area contributed by atoms with Gasteiger partial charge in [-0.3, -0.25) is 0 Å². The van der Waals surface area contributed by atoms with E-state index in [1.807, 2.05) is 46.3 Å². The van der Waals surface area contributed by atoms with Gasteiger partial charge in [0.05, 0.1) is 23.7 Å². The average Bonchev–Trinajstić information content (AvgIpc) is 3.17. The van der Waals surface area contributed by atoms with Crippen LogP contribution in [-0.2, 0) is 13.1 Å². The lowest BCUT2D eigenvalue weighted by molar-refractivity contribution is 0.256. The lowest BCUT2D eigenvalue weighted by Crippen LogP contribution is -2.69. The van der Waals surface area contributed by atoms with Gasteiger partial charge in [0.1, 0.15) is 10.8 Å². The van der Waals surface area contributed by atoms with Gasteiger partial charge in [0.15, 0.2) is 0 Å². The van der Waals surface area contributed by atoms with Crippen molar-refractivity contribution in [2.45, 2.75) is 38.9 Å². The van der Waals surface area contributed by atoms with Crippen molar-refractivity contribution in [2.75, 3.05) is 37.4 Å². The first-order valence-electron chi connectivity index (χ1n) is 11.1. The highest BCUT2D eigenvalue weighted by atomic mass is 35.5. The summed E-state index contributed by atoms with van der Waals surface area (Å²) in [5.41, 5.74) is 3.88. The van der Waals surface area contributed by atoms with Gasteiger partial charge in [0.2, 0.25) is 5.95 Å². The quantitative estimate of drug-likeness (QED) is 0.453. The van der Waals surface area contributed by atoms with Gasteiger partial charge in [-0.05, 0) is 62.7 Å². The van der Waals surface area contributed by atoms with Gasteiger partial charge >= 0.3 is 0 Å². The van der Waals surface area contributed by atoms with Crippen molar-refractivity contribution >= 4 is 39.9 Å². The van der Waals surface area contributed by atoms with Gasteiger partial charge < -0.3 is 20.4 Å². The molecule has 0 spiro atoms. The minimum atomic E-state index is -0.288. The molecule has 1 aliphatic rings. The van der Waals surface area contributed by atoms with Crippen LogP contribution in [0.25, 0.3) is 0 Å².